The lowest BCUT2D eigenvalue weighted by Crippen LogP contribution is -2.38. The van der Waals surface area contributed by atoms with E-state index in [0.29, 0.717) is 13.0 Å². The highest BCUT2D eigenvalue weighted by atomic mass is 16.7. The molecule has 0 saturated carbocycles. The van der Waals surface area contributed by atoms with Crippen LogP contribution in [0, 0.1) is 0 Å². The molecule has 0 aromatic heterocycles. The normalized spacial score (nSPS) is 26.7. The summed E-state index contributed by atoms with van der Waals surface area (Å²) in [4.78, 5) is 10.00. The van der Waals surface area contributed by atoms with E-state index in [1.54, 1.807) is 0 Å². The summed E-state index contributed by atoms with van der Waals surface area (Å²) in [6, 6.07) is 0. The molecule has 58 valence electrons. The summed E-state index contributed by atoms with van der Waals surface area (Å²) in [5, 5.41) is 9.58. The van der Waals surface area contributed by atoms with Gasteiger partial charge in [-0.25, -0.2) is 9.80 Å². The first kappa shape index (κ1) is 7.30. The zero-order valence-corrected chi connectivity index (χ0v) is 5.49. The highest BCUT2D eigenvalue weighted by Gasteiger charge is 2.24. The minimum absolute atomic E-state index is 0.433. The van der Waals surface area contributed by atoms with Crippen molar-refractivity contribution in [1.29, 1.82) is 0 Å². The molecule has 1 saturated heterocycles. The van der Waals surface area contributed by atoms with Gasteiger partial charge in [0, 0.05) is 13.0 Å². The monoisotopic (exact) mass is 146 g/mol. The summed E-state index contributed by atoms with van der Waals surface area (Å²) in [5.74, 6) is 5.37. The van der Waals surface area contributed by atoms with Crippen LogP contribution in [-0.2, 0) is 4.74 Å². The van der Waals surface area contributed by atoms with Crippen molar-refractivity contribution in [2.24, 2.45) is 5.84 Å². The summed E-state index contributed by atoms with van der Waals surface area (Å²) in [5.41, 5.74) is 0. The van der Waals surface area contributed by atoms with Crippen molar-refractivity contribution in [2.45, 2.75) is 19.1 Å². The first-order valence-corrected chi connectivity index (χ1v) is 3.11. The van der Waals surface area contributed by atoms with Gasteiger partial charge >= 0.3 is 6.16 Å². The third-order valence-electron chi connectivity index (χ3n) is 1.47. The van der Waals surface area contributed by atoms with Gasteiger partial charge in [-0.05, 0) is 6.42 Å². The zero-order chi connectivity index (χ0) is 7.56. The van der Waals surface area contributed by atoms with Crippen molar-refractivity contribution in [1.82, 2.24) is 5.01 Å². The third-order valence-corrected chi connectivity index (χ3v) is 1.47. The van der Waals surface area contributed by atoms with Crippen LogP contribution in [0.25, 0.3) is 0 Å². The maximum Gasteiger partial charge on any atom is 0.507 e. The van der Waals surface area contributed by atoms with Gasteiger partial charge in [-0.15, -0.1) is 0 Å². The highest BCUT2D eigenvalue weighted by Crippen LogP contribution is 2.13. The Morgan fingerprint density at radius 2 is 2.50 bits per heavy atom. The minimum atomic E-state index is -1.26. The molecule has 5 heteroatoms. The van der Waals surface area contributed by atoms with E-state index >= 15 is 0 Å². The predicted octanol–water partition coefficient (Wildman–Crippen LogP) is -0.0234. The van der Waals surface area contributed by atoms with E-state index < -0.39 is 12.4 Å². The lowest BCUT2D eigenvalue weighted by atomic mass is 10.4. The van der Waals surface area contributed by atoms with Crippen molar-refractivity contribution in [3.05, 3.63) is 0 Å². The predicted molar refractivity (Wildman–Crippen MR) is 33.0 cm³/mol. The lowest BCUT2D eigenvalue weighted by Gasteiger charge is -2.16. The topological polar surface area (TPSA) is 75.8 Å². The van der Waals surface area contributed by atoms with E-state index in [1.165, 1.54) is 5.01 Å². The first-order valence-electron chi connectivity index (χ1n) is 3.11. The maximum absolute atomic E-state index is 10.00. The molecule has 1 fully saturated rings. The number of nitrogens with two attached hydrogens (primary N) is 1. The molecule has 1 rings (SSSR count). The average Bonchev–Trinajstić information content (AvgIpc) is 2.15. The van der Waals surface area contributed by atoms with E-state index in [0.717, 1.165) is 6.42 Å². The van der Waals surface area contributed by atoms with Crippen LogP contribution in [0.15, 0.2) is 0 Å². The molecule has 0 aromatic rings. The average molecular weight is 146 g/mol. The fourth-order valence-corrected chi connectivity index (χ4v) is 1.00. The van der Waals surface area contributed by atoms with Gasteiger partial charge in [0.1, 0.15) is 0 Å². The molecule has 1 aliphatic rings. The van der Waals surface area contributed by atoms with E-state index in [9.17, 15) is 4.79 Å². The number of hydrogen-bond donors (Lipinski definition) is 2. The Hall–Kier alpha value is -0.810. The largest absolute Gasteiger partial charge is 0.507 e. The molecule has 10 heavy (non-hydrogen) atoms. The van der Waals surface area contributed by atoms with Gasteiger partial charge in [-0.3, -0.25) is 5.84 Å². The van der Waals surface area contributed by atoms with E-state index in [-0.39, 0.29) is 0 Å². The van der Waals surface area contributed by atoms with Gasteiger partial charge in [0.25, 0.3) is 0 Å². The maximum atomic E-state index is 10.00. The van der Waals surface area contributed by atoms with Gasteiger partial charge in [0.2, 0.25) is 0 Å². The molecule has 0 radical (unpaired) electrons. The van der Waals surface area contributed by atoms with E-state index in [1.807, 2.05) is 0 Å². The number of carbonyl (C=O) groups is 1. The molecule has 1 heterocycles. The van der Waals surface area contributed by atoms with E-state index in [4.69, 9.17) is 10.9 Å². The molecular weight excluding hydrogens is 136 g/mol. The van der Waals surface area contributed by atoms with Gasteiger partial charge in [-0.1, -0.05) is 0 Å². The molecule has 0 amide bonds. The molecule has 0 spiro atoms. The fraction of sp³-hybridized carbons (Fsp3) is 0.800. The van der Waals surface area contributed by atoms with Crippen LogP contribution in [0.2, 0.25) is 0 Å². The Balaban J connectivity index is 2.33. The van der Waals surface area contributed by atoms with Crippen LogP contribution >= 0.6 is 0 Å². The van der Waals surface area contributed by atoms with Gasteiger partial charge < -0.3 is 9.84 Å². The van der Waals surface area contributed by atoms with E-state index in [2.05, 4.69) is 4.74 Å². The summed E-state index contributed by atoms with van der Waals surface area (Å²) in [7, 11) is 0. The molecule has 1 aliphatic heterocycles. The quantitative estimate of drug-likeness (QED) is 0.401. The minimum Gasteiger partial charge on any atom is -0.450 e. The Labute approximate surface area is 58.3 Å². The number of ether oxygens (including phenoxy) is 1. The summed E-state index contributed by atoms with van der Waals surface area (Å²) in [6.45, 7) is 0.706. The van der Waals surface area contributed by atoms with Crippen molar-refractivity contribution in [3.8, 4) is 0 Å². The number of rotatable bonds is 1. The summed E-state index contributed by atoms with van der Waals surface area (Å²) in [6.07, 6.45) is -0.100. The summed E-state index contributed by atoms with van der Waals surface area (Å²) >= 11 is 0. The second-order valence-electron chi connectivity index (χ2n) is 2.22. The molecular formula is C5H10N2O3. The Bertz CT molecular complexity index is 139. The molecule has 3 N–H and O–H groups in total. The second kappa shape index (κ2) is 2.85. The fourth-order valence-electron chi connectivity index (χ4n) is 1.00. The van der Waals surface area contributed by atoms with Crippen molar-refractivity contribution >= 4 is 6.16 Å². The van der Waals surface area contributed by atoms with Crippen LogP contribution < -0.4 is 5.84 Å². The molecule has 0 aliphatic carbocycles. The van der Waals surface area contributed by atoms with Crippen LogP contribution in [0.4, 0.5) is 4.79 Å². The number of carboxylic acid groups (broad SMARTS) is 1. The van der Waals surface area contributed by atoms with Crippen LogP contribution in [0.1, 0.15) is 12.8 Å². The number of nitrogens with zero attached hydrogens (tertiary/aromatic N) is 1. The number of hydrazine groups is 1. The SMILES string of the molecule is NN1CCCC1OC(=O)O. The second-order valence-corrected chi connectivity index (χ2v) is 2.22. The standard InChI is InChI=1S/C5H10N2O3/c6-7-3-1-2-4(7)10-5(8)9/h4H,1-3,6H2,(H,8,9). The van der Waals surface area contributed by atoms with Crippen LogP contribution in [-0.4, -0.2) is 29.0 Å². The van der Waals surface area contributed by atoms with Gasteiger partial charge in [0.05, 0.1) is 0 Å². The van der Waals surface area contributed by atoms with Crippen molar-refractivity contribution in [2.75, 3.05) is 6.54 Å². The molecule has 1 atom stereocenters. The highest BCUT2D eigenvalue weighted by molar-refractivity contribution is 5.57. The molecule has 0 aromatic carbocycles. The number of hydrogen-bond acceptors (Lipinski definition) is 4. The molecule has 1 unspecified atom stereocenters. The molecule has 5 nitrogen and oxygen atoms in total. The Morgan fingerprint density at radius 3 is 2.90 bits per heavy atom. The Morgan fingerprint density at radius 1 is 1.80 bits per heavy atom. The van der Waals surface area contributed by atoms with Gasteiger partial charge in [-0.2, -0.15) is 0 Å². The van der Waals surface area contributed by atoms with Crippen molar-refractivity contribution in [3.63, 3.8) is 0 Å². The van der Waals surface area contributed by atoms with Crippen LogP contribution in [0.3, 0.4) is 0 Å². The lowest BCUT2D eigenvalue weighted by molar-refractivity contribution is -0.0140. The third kappa shape index (κ3) is 1.58. The van der Waals surface area contributed by atoms with Crippen molar-refractivity contribution < 1.29 is 14.6 Å². The Kier molecular flexibility index (Phi) is 2.08. The van der Waals surface area contributed by atoms with Gasteiger partial charge in [0.15, 0.2) is 6.23 Å². The van der Waals surface area contributed by atoms with Crippen LogP contribution in [0.5, 0.6) is 0 Å². The zero-order valence-electron chi connectivity index (χ0n) is 5.49. The molecule has 0 bridgehead atoms. The first-order chi connectivity index (χ1) is 4.70. The smallest absolute Gasteiger partial charge is 0.450 e. The summed E-state index contributed by atoms with van der Waals surface area (Å²) < 4.78 is 4.44.